The van der Waals surface area contributed by atoms with Crippen molar-refractivity contribution in [1.82, 2.24) is 0 Å². The number of nitro groups is 1. The number of allylic oxidation sites excluding steroid dienone is 1. The van der Waals surface area contributed by atoms with Gasteiger partial charge in [-0.2, -0.15) is 0 Å². The molecule has 0 aromatic heterocycles. The number of nitrogens with one attached hydrogen (secondary N) is 2. The molecule has 5 rings (SSSR count). The molecule has 0 unspecified atom stereocenters. The number of non-ortho nitro benzene ring substituents is 1. The van der Waals surface area contributed by atoms with Crippen LogP contribution in [0.25, 0.3) is 0 Å². The van der Waals surface area contributed by atoms with Crippen molar-refractivity contribution in [2.45, 2.75) is 25.3 Å². The number of nitrogens with zero attached hydrogens (tertiary/aromatic N) is 1. The van der Waals surface area contributed by atoms with Crippen LogP contribution in [0, 0.1) is 10.1 Å². The summed E-state index contributed by atoms with van der Waals surface area (Å²) in [5.74, 6) is -0.0743. The standard InChI is InChI=1S/C26H21N3O4/c30-23-11-5-10-21-24(23)25(17-8-4-9-19(14-17)29(32)33)28-20-13-12-18(15-22(20)27-21)26(31)16-6-2-1-3-7-16/h1-4,6-9,12-15,25,27-28H,5,10-11H2/t25-/m0/s1. The summed E-state index contributed by atoms with van der Waals surface area (Å²) < 4.78 is 0. The van der Waals surface area contributed by atoms with Crippen LogP contribution in [-0.2, 0) is 4.79 Å². The lowest BCUT2D eigenvalue weighted by molar-refractivity contribution is -0.384. The molecule has 3 aromatic rings. The minimum atomic E-state index is -0.530. The maximum absolute atomic E-state index is 13.0. The molecular weight excluding hydrogens is 418 g/mol. The summed E-state index contributed by atoms with van der Waals surface area (Å²) in [5, 5.41) is 18.1. The fraction of sp³-hybridized carbons (Fsp3) is 0.154. The molecule has 1 aliphatic carbocycles. The number of Topliss-reactive ketones (excluding diaryl/α,β-unsaturated/α-hetero) is 1. The van der Waals surface area contributed by atoms with Crippen molar-refractivity contribution in [3.63, 3.8) is 0 Å². The molecule has 164 valence electrons. The van der Waals surface area contributed by atoms with Gasteiger partial charge in [-0.05, 0) is 36.6 Å². The Labute approximate surface area is 190 Å². The van der Waals surface area contributed by atoms with Crippen LogP contribution in [0.15, 0.2) is 84.1 Å². The SMILES string of the molecule is O=C1CCCC2=C1[C@H](c1cccc([N+](=O)[O-])c1)Nc1ccc(C(=O)c3ccccc3)cc1N2. The summed E-state index contributed by atoms with van der Waals surface area (Å²) in [7, 11) is 0. The molecule has 0 radical (unpaired) electrons. The third kappa shape index (κ3) is 3.89. The molecule has 2 aliphatic rings. The van der Waals surface area contributed by atoms with Crippen LogP contribution in [-0.4, -0.2) is 16.5 Å². The molecule has 0 saturated carbocycles. The van der Waals surface area contributed by atoms with E-state index in [-0.39, 0.29) is 17.3 Å². The lowest BCUT2D eigenvalue weighted by Gasteiger charge is -2.25. The van der Waals surface area contributed by atoms with E-state index in [1.54, 1.807) is 36.4 Å². The number of hydrogen-bond donors (Lipinski definition) is 2. The lowest BCUT2D eigenvalue weighted by Crippen LogP contribution is -2.23. The fourth-order valence-corrected chi connectivity index (χ4v) is 4.46. The van der Waals surface area contributed by atoms with Gasteiger partial charge in [-0.15, -0.1) is 0 Å². The molecule has 1 aliphatic heterocycles. The number of hydrogen-bond acceptors (Lipinski definition) is 6. The Hall–Kier alpha value is -4.26. The van der Waals surface area contributed by atoms with Crippen LogP contribution in [0.4, 0.5) is 17.1 Å². The van der Waals surface area contributed by atoms with Crippen molar-refractivity contribution in [2.24, 2.45) is 0 Å². The number of carbonyl (C=O) groups excluding carboxylic acids is 2. The first-order chi connectivity index (χ1) is 16.0. The Bertz CT molecular complexity index is 1310. The van der Waals surface area contributed by atoms with Gasteiger partial charge in [0, 0.05) is 41.0 Å². The molecule has 0 spiro atoms. The van der Waals surface area contributed by atoms with E-state index in [9.17, 15) is 19.7 Å². The summed E-state index contributed by atoms with van der Waals surface area (Å²) in [6.07, 6.45) is 1.84. The number of fused-ring (bicyclic) bond motifs is 1. The Morgan fingerprint density at radius 1 is 0.909 bits per heavy atom. The van der Waals surface area contributed by atoms with E-state index < -0.39 is 11.0 Å². The minimum absolute atomic E-state index is 0.0150. The van der Waals surface area contributed by atoms with Crippen molar-refractivity contribution >= 4 is 28.6 Å². The van der Waals surface area contributed by atoms with E-state index >= 15 is 0 Å². The van der Waals surface area contributed by atoms with E-state index in [0.717, 1.165) is 17.8 Å². The molecule has 0 bridgehead atoms. The van der Waals surface area contributed by atoms with Gasteiger partial charge in [-0.1, -0.05) is 42.5 Å². The van der Waals surface area contributed by atoms with Crippen LogP contribution in [0.1, 0.15) is 46.8 Å². The van der Waals surface area contributed by atoms with E-state index in [4.69, 9.17) is 0 Å². The number of rotatable bonds is 4. The molecule has 1 heterocycles. The van der Waals surface area contributed by atoms with Crippen LogP contribution in [0.2, 0.25) is 0 Å². The highest BCUT2D eigenvalue weighted by Gasteiger charge is 2.33. The summed E-state index contributed by atoms with van der Waals surface area (Å²) in [5.41, 5.74) is 4.55. The maximum atomic E-state index is 13.0. The molecule has 7 nitrogen and oxygen atoms in total. The number of ketones is 2. The van der Waals surface area contributed by atoms with Gasteiger partial charge in [0.2, 0.25) is 0 Å². The van der Waals surface area contributed by atoms with Crippen molar-refractivity contribution < 1.29 is 14.5 Å². The highest BCUT2D eigenvalue weighted by atomic mass is 16.6. The average Bonchev–Trinajstić information content (AvgIpc) is 3.01. The van der Waals surface area contributed by atoms with Gasteiger partial charge in [0.25, 0.3) is 5.69 Å². The Kier molecular flexibility index (Phi) is 5.22. The van der Waals surface area contributed by atoms with E-state index in [0.29, 0.717) is 40.8 Å². The van der Waals surface area contributed by atoms with Gasteiger partial charge in [-0.3, -0.25) is 19.7 Å². The van der Waals surface area contributed by atoms with E-state index in [1.165, 1.54) is 12.1 Å². The second kappa shape index (κ2) is 8.35. The van der Waals surface area contributed by atoms with Crippen molar-refractivity contribution in [1.29, 1.82) is 0 Å². The first kappa shape index (κ1) is 20.6. The van der Waals surface area contributed by atoms with Gasteiger partial charge in [0.1, 0.15) is 0 Å². The van der Waals surface area contributed by atoms with Crippen LogP contribution >= 0.6 is 0 Å². The number of nitro benzene ring substituents is 1. The Morgan fingerprint density at radius 2 is 1.73 bits per heavy atom. The normalized spacial score (nSPS) is 17.2. The molecule has 0 amide bonds. The molecule has 0 fully saturated rings. The first-order valence-corrected chi connectivity index (χ1v) is 10.8. The smallest absolute Gasteiger partial charge is 0.269 e. The third-order valence-corrected chi connectivity index (χ3v) is 6.06. The summed E-state index contributed by atoms with van der Waals surface area (Å²) in [6, 6.07) is 20.2. The molecule has 33 heavy (non-hydrogen) atoms. The number of carbonyl (C=O) groups is 2. The summed E-state index contributed by atoms with van der Waals surface area (Å²) in [6.45, 7) is 0. The minimum Gasteiger partial charge on any atom is -0.372 e. The summed E-state index contributed by atoms with van der Waals surface area (Å²) in [4.78, 5) is 36.8. The van der Waals surface area contributed by atoms with Gasteiger partial charge in [-0.25, -0.2) is 0 Å². The zero-order valence-electron chi connectivity index (χ0n) is 17.7. The van der Waals surface area contributed by atoms with Crippen LogP contribution in [0.5, 0.6) is 0 Å². The second-order valence-corrected chi connectivity index (χ2v) is 8.18. The third-order valence-electron chi connectivity index (χ3n) is 6.06. The second-order valence-electron chi connectivity index (χ2n) is 8.18. The predicted molar refractivity (Wildman–Crippen MR) is 125 cm³/mol. The topological polar surface area (TPSA) is 101 Å². The molecule has 2 N–H and O–H groups in total. The van der Waals surface area contributed by atoms with Crippen LogP contribution < -0.4 is 10.6 Å². The zero-order valence-corrected chi connectivity index (χ0v) is 17.7. The number of benzene rings is 3. The lowest BCUT2D eigenvalue weighted by atomic mass is 9.86. The van der Waals surface area contributed by atoms with E-state index in [2.05, 4.69) is 10.6 Å². The van der Waals surface area contributed by atoms with Crippen molar-refractivity contribution in [3.05, 3.63) is 111 Å². The van der Waals surface area contributed by atoms with Crippen molar-refractivity contribution in [3.8, 4) is 0 Å². The highest BCUT2D eigenvalue weighted by Crippen LogP contribution is 2.41. The average molecular weight is 439 g/mol. The Morgan fingerprint density at radius 3 is 2.52 bits per heavy atom. The van der Waals surface area contributed by atoms with Gasteiger partial charge in [0.15, 0.2) is 11.6 Å². The molecule has 3 aromatic carbocycles. The summed E-state index contributed by atoms with van der Waals surface area (Å²) >= 11 is 0. The molecule has 1 atom stereocenters. The monoisotopic (exact) mass is 439 g/mol. The molecule has 7 heteroatoms. The van der Waals surface area contributed by atoms with Crippen LogP contribution in [0.3, 0.4) is 0 Å². The quantitative estimate of drug-likeness (QED) is 0.320. The zero-order chi connectivity index (χ0) is 22.9. The highest BCUT2D eigenvalue weighted by molar-refractivity contribution is 6.10. The van der Waals surface area contributed by atoms with Gasteiger partial charge >= 0.3 is 0 Å². The largest absolute Gasteiger partial charge is 0.372 e. The predicted octanol–water partition coefficient (Wildman–Crippen LogP) is 5.41. The fourth-order valence-electron chi connectivity index (χ4n) is 4.46. The van der Waals surface area contributed by atoms with Gasteiger partial charge in [0.05, 0.1) is 22.3 Å². The molecule has 0 saturated heterocycles. The first-order valence-electron chi connectivity index (χ1n) is 10.8. The maximum Gasteiger partial charge on any atom is 0.269 e. The van der Waals surface area contributed by atoms with Gasteiger partial charge < -0.3 is 10.6 Å². The number of anilines is 2. The van der Waals surface area contributed by atoms with E-state index in [1.807, 2.05) is 24.3 Å². The molecular formula is C26H21N3O4. The Balaban J connectivity index is 1.59. The van der Waals surface area contributed by atoms with Crippen molar-refractivity contribution in [2.75, 3.05) is 10.6 Å².